The van der Waals surface area contributed by atoms with Crippen LogP contribution in [-0.2, 0) is 22.1 Å². The van der Waals surface area contributed by atoms with Crippen LogP contribution in [0.4, 0.5) is 18.0 Å². The number of benzene rings is 1. The molecule has 0 radical (unpaired) electrons. The van der Waals surface area contributed by atoms with Crippen LogP contribution in [0.5, 0.6) is 0 Å². The highest BCUT2D eigenvalue weighted by Gasteiger charge is 2.30. The number of piperidine rings is 1. The van der Waals surface area contributed by atoms with Gasteiger partial charge >= 0.3 is 12.3 Å². The molecule has 1 aliphatic rings. The number of halogens is 3. The van der Waals surface area contributed by atoms with Gasteiger partial charge in [0.1, 0.15) is 0 Å². The Kier molecular flexibility index (Phi) is 6.88. The van der Waals surface area contributed by atoms with Crippen molar-refractivity contribution < 1.29 is 27.5 Å². The van der Waals surface area contributed by atoms with Crippen LogP contribution in [0.25, 0.3) is 0 Å². The van der Waals surface area contributed by atoms with Gasteiger partial charge in [-0.1, -0.05) is 12.1 Å². The van der Waals surface area contributed by atoms with Crippen molar-refractivity contribution in [2.75, 3.05) is 26.7 Å². The fourth-order valence-corrected chi connectivity index (χ4v) is 2.93. The third kappa shape index (κ3) is 5.93. The van der Waals surface area contributed by atoms with Gasteiger partial charge in [0.05, 0.1) is 5.56 Å². The lowest BCUT2D eigenvalue weighted by molar-refractivity contribution is -0.137. The Bertz CT molecular complexity index is 609. The van der Waals surface area contributed by atoms with Crippen molar-refractivity contribution in [3.05, 3.63) is 35.4 Å². The summed E-state index contributed by atoms with van der Waals surface area (Å²) in [4.78, 5) is 24.5. The van der Waals surface area contributed by atoms with Gasteiger partial charge in [-0.15, -0.1) is 0 Å². The summed E-state index contributed by atoms with van der Waals surface area (Å²) in [5.74, 6) is 0.0602. The van der Waals surface area contributed by atoms with E-state index in [0.717, 1.165) is 37.0 Å². The van der Waals surface area contributed by atoms with Gasteiger partial charge in [-0.3, -0.25) is 4.79 Å². The highest BCUT2D eigenvalue weighted by atomic mass is 19.4. The van der Waals surface area contributed by atoms with E-state index in [0.29, 0.717) is 25.4 Å². The van der Waals surface area contributed by atoms with E-state index in [1.807, 2.05) is 0 Å². The SMILES string of the molecule is CNC(=O)COC(=O)N1CCC(CCc2ccc(C(F)(F)F)cc2)CC1. The lowest BCUT2D eigenvalue weighted by Crippen LogP contribution is -2.40. The molecule has 2 amide bonds. The zero-order valence-electron chi connectivity index (χ0n) is 14.6. The van der Waals surface area contributed by atoms with Crippen LogP contribution in [-0.4, -0.2) is 43.6 Å². The molecule has 0 aromatic heterocycles. The van der Waals surface area contributed by atoms with Crippen LogP contribution in [0.3, 0.4) is 0 Å². The van der Waals surface area contributed by atoms with Crippen molar-refractivity contribution in [2.45, 2.75) is 31.9 Å². The van der Waals surface area contributed by atoms with Gasteiger partial charge in [0.2, 0.25) is 0 Å². The summed E-state index contributed by atoms with van der Waals surface area (Å²) < 4.78 is 42.6. The number of hydrogen-bond donors (Lipinski definition) is 1. The number of alkyl halides is 3. The fraction of sp³-hybridized carbons (Fsp3) is 0.556. The van der Waals surface area contributed by atoms with E-state index >= 15 is 0 Å². The van der Waals surface area contributed by atoms with Gasteiger partial charge in [0, 0.05) is 20.1 Å². The summed E-state index contributed by atoms with van der Waals surface area (Å²) in [5.41, 5.74) is 0.246. The second-order valence-electron chi connectivity index (χ2n) is 6.39. The van der Waals surface area contributed by atoms with Crippen LogP contribution in [0, 0.1) is 5.92 Å². The highest BCUT2D eigenvalue weighted by Crippen LogP contribution is 2.29. The summed E-state index contributed by atoms with van der Waals surface area (Å²) in [6, 6.07) is 5.27. The lowest BCUT2D eigenvalue weighted by Gasteiger charge is -2.31. The molecule has 1 N–H and O–H groups in total. The summed E-state index contributed by atoms with van der Waals surface area (Å²) in [7, 11) is 1.47. The molecule has 2 rings (SSSR count). The molecule has 1 aromatic rings. The number of likely N-dealkylation sites (tertiary alicyclic amines) is 1. The maximum Gasteiger partial charge on any atom is 0.416 e. The van der Waals surface area contributed by atoms with Gasteiger partial charge in [0.25, 0.3) is 5.91 Å². The Morgan fingerprint density at radius 1 is 1.19 bits per heavy atom. The molecule has 0 spiro atoms. The number of carbonyl (C=O) groups is 2. The Hall–Kier alpha value is -2.25. The van der Waals surface area contributed by atoms with E-state index in [4.69, 9.17) is 4.74 Å². The first kappa shape index (κ1) is 20.1. The normalized spacial score (nSPS) is 15.6. The molecule has 26 heavy (non-hydrogen) atoms. The highest BCUT2D eigenvalue weighted by molar-refractivity contribution is 5.79. The fourth-order valence-electron chi connectivity index (χ4n) is 2.93. The minimum atomic E-state index is -4.31. The van der Waals surface area contributed by atoms with E-state index in [-0.39, 0.29) is 12.5 Å². The lowest BCUT2D eigenvalue weighted by atomic mass is 9.90. The molecular weight excluding hydrogens is 349 g/mol. The molecule has 1 saturated heterocycles. The van der Waals surface area contributed by atoms with Crippen molar-refractivity contribution in [2.24, 2.45) is 5.92 Å². The quantitative estimate of drug-likeness (QED) is 0.863. The maximum absolute atomic E-state index is 12.6. The van der Waals surface area contributed by atoms with E-state index in [1.165, 1.54) is 19.2 Å². The number of rotatable bonds is 5. The molecule has 0 unspecified atom stereocenters. The molecule has 1 aromatic carbocycles. The third-order valence-electron chi connectivity index (χ3n) is 4.60. The Labute approximate surface area is 150 Å². The van der Waals surface area contributed by atoms with Gasteiger partial charge in [-0.25, -0.2) is 4.79 Å². The molecule has 0 atom stereocenters. The van der Waals surface area contributed by atoms with Crippen LogP contribution < -0.4 is 5.32 Å². The van der Waals surface area contributed by atoms with Crippen molar-refractivity contribution in [3.63, 3.8) is 0 Å². The molecule has 1 aliphatic heterocycles. The van der Waals surface area contributed by atoms with Gasteiger partial charge in [-0.05, 0) is 49.3 Å². The average molecular weight is 372 g/mol. The minimum absolute atomic E-state index is 0.289. The van der Waals surface area contributed by atoms with Crippen LogP contribution in [0.15, 0.2) is 24.3 Å². The number of aryl methyl sites for hydroxylation is 1. The van der Waals surface area contributed by atoms with Crippen molar-refractivity contribution in [1.82, 2.24) is 10.2 Å². The van der Waals surface area contributed by atoms with E-state index in [9.17, 15) is 22.8 Å². The van der Waals surface area contributed by atoms with E-state index < -0.39 is 17.8 Å². The van der Waals surface area contributed by atoms with Crippen molar-refractivity contribution in [3.8, 4) is 0 Å². The second-order valence-corrected chi connectivity index (χ2v) is 6.39. The first-order chi connectivity index (χ1) is 12.3. The summed E-state index contributed by atoms with van der Waals surface area (Å²) >= 11 is 0. The minimum Gasteiger partial charge on any atom is -0.439 e. The molecule has 0 saturated carbocycles. The van der Waals surface area contributed by atoms with Gasteiger partial charge < -0.3 is 15.0 Å². The molecule has 5 nitrogen and oxygen atoms in total. The average Bonchev–Trinajstić information content (AvgIpc) is 2.64. The molecule has 144 valence electrons. The molecule has 1 fully saturated rings. The summed E-state index contributed by atoms with van der Waals surface area (Å²) in [6.07, 6.45) is -1.59. The first-order valence-electron chi connectivity index (χ1n) is 8.58. The second kappa shape index (κ2) is 8.91. The topological polar surface area (TPSA) is 58.6 Å². The predicted octanol–water partition coefficient (Wildman–Crippen LogP) is 3.23. The number of nitrogens with zero attached hydrogens (tertiary/aromatic N) is 1. The molecule has 0 bridgehead atoms. The molecular formula is C18H23F3N2O3. The standard InChI is InChI=1S/C18H23F3N2O3/c1-22-16(24)12-26-17(25)23-10-8-14(9-11-23)3-2-13-4-6-15(7-5-13)18(19,20)21/h4-7,14H,2-3,8-12H2,1H3,(H,22,24). The molecule has 0 aliphatic carbocycles. The zero-order valence-corrected chi connectivity index (χ0v) is 14.6. The number of hydrogen-bond acceptors (Lipinski definition) is 3. The number of likely N-dealkylation sites (N-methyl/N-ethyl adjacent to an activating group) is 1. The van der Waals surface area contributed by atoms with E-state index in [2.05, 4.69) is 5.32 Å². The Balaban J connectivity index is 1.72. The Morgan fingerprint density at radius 3 is 2.35 bits per heavy atom. The number of amides is 2. The van der Waals surface area contributed by atoms with Gasteiger partial charge in [0.15, 0.2) is 6.61 Å². The Morgan fingerprint density at radius 2 is 1.81 bits per heavy atom. The maximum atomic E-state index is 12.6. The van der Waals surface area contributed by atoms with Crippen LogP contribution >= 0.6 is 0 Å². The van der Waals surface area contributed by atoms with Gasteiger partial charge in [-0.2, -0.15) is 13.2 Å². The van der Waals surface area contributed by atoms with Crippen molar-refractivity contribution >= 4 is 12.0 Å². The monoisotopic (exact) mass is 372 g/mol. The van der Waals surface area contributed by atoms with Crippen LogP contribution in [0.1, 0.15) is 30.4 Å². The molecule has 8 heteroatoms. The summed E-state index contributed by atoms with van der Waals surface area (Å²) in [5, 5.41) is 2.38. The number of ether oxygens (including phenoxy) is 1. The number of nitrogens with one attached hydrogen (secondary N) is 1. The van der Waals surface area contributed by atoms with Crippen molar-refractivity contribution in [1.29, 1.82) is 0 Å². The summed E-state index contributed by atoms with van der Waals surface area (Å²) in [6.45, 7) is 0.831. The predicted molar refractivity (Wildman–Crippen MR) is 89.5 cm³/mol. The van der Waals surface area contributed by atoms with Crippen LogP contribution in [0.2, 0.25) is 0 Å². The zero-order chi connectivity index (χ0) is 19.2. The van der Waals surface area contributed by atoms with E-state index in [1.54, 1.807) is 4.90 Å². The molecule has 1 heterocycles. The first-order valence-corrected chi connectivity index (χ1v) is 8.58. The third-order valence-corrected chi connectivity index (χ3v) is 4.60. The number of carbonyl (C=O) groups excluding carboxylic acids is 2. The smallest absolute Gasteiger partial charge is 0.416 e. The largest absolute Gasteiger partial charge is 0.439 e.